The van der Waals surface area contributed by atoms with Crippen molar-refractivity contribution in [1.29, 1.82) is 5.26 Å². The van der Waals surface area contributed by atoms with Crippen LogP contribution in [0, 0.1) is 22.2 Å². The molecule has 0 amide bonds. The van der Waals surface area contributed by atoms with Crippen LogP contribution in [0.5, 0.6) is 0 Å². The Balaban J connectivity index is 1.94. The maximum Gasteiger partial charge on any atom is 0.203 e. The minimum Gasteiger partial charge on any atom is -0.449 e. The smallest absolute Gasteiger partial charge is 0.203 e. The molecule has 3 heteroatoms. The van der Waals surface area contributed by atoms with Crippen molar-refractivity contribution in [2.75, 3.05) is 0 Å². The number of nitrogens with zero attached hydrogens (tertiary/aromatic N) is 1. The highest BCUT2D eigenvalue weighted by atomic mass is 16.3. The minimum absolute atomic E-state index is 0.389. The summed E-state index contributed by atoms with van der Waals surface area (Å²) >= 11 is 0. The Morgan fingerprint density at radius 1 is 1.26 bits per heavy atom. The zero-order valence-electron chi connectivity index (χ0n) is 12.4. The Labute approximate surface area is 116 Å². The summed E-state index contributed by atoms with van der Waals surface area (Å²) in [6.45, 7) is 10.1. The van der Waals surface area contributed by atoms with Gasteiger partial charge in [-0.1, -0.05) is 27.7 Å². The second-order valence-electron chi connectivity index (χ2n) is 7.37. The van der Waals surface area contributed by atoms with Gasteiger partial charge in [0, 0.05) is 6.04 Å². The molecule has 1 aliphatic rings. The molecule has 0 radical (unpaired) electrons. The van der Waals surface area contributed by atoms with Crippen LogP contribution in [0.1, 0.15) is 58.5 Å². The van der Waals surface area contributed by atoms with Gasteiger partial charge in [0.15, 0.2) is 0 Å². The average Bonchev–Trinajstić information content (AvgIpc) is 2.70. The molecule has 2 rings (SSSR count). The molecule has 1 aromatic rings. The van der Waals surface area contributed by atoms with Crippen LogP contribution in [0.4, 0.5) is 0 Å². The van der Waals surface area contributed by atoms with Gasteiger partial charge in [0.05, 0.1) is 6.54 Å². The molecule has 1 N–H and O–H groups in total. The SMILES string of the molecule is CC1(C)CC(NCc2ccc(C#N)o2)CC(C)(C)C1. The van der Waals surface area contributed by atoms with E-state index in [4.69, 9.17) is 9.68 Å². The van der Waals surface area contributed by atoms with Crippen molar-refractivity contribution in [3.63, 3.8) is 0 Å². The molecule has 0 aliphatic heterocycles. The molecule has 1 aliphatic carbocycles. The van der Waals surface area contributed by atoms with E-state index in [0.717, 1.165) is 5.76 Å². The van der Waals surface area contributed by atoms with Gasteiger partial charge in [-0.15, -0.1) is 0 Å². The number of nitrogens with one attached hydrogen (secondary N) is 1. The van der Waals surface area contributed by atoms with E-state index in [9.17, 15) is 0 Å². The third-order valence-electron chi connectivity index (χ3n) is 3.89. The lowest BCUT2D eigenvalue weighted by Crippen LogP contribution is -2.43. The van der Waals surface area contributed by atoms with Crippen LogP contribution in [-0.2, 0) is 6.54 Å². The Bertz CT molecular complexity index is 463. The molecule has 0 unspecified atom stereocenters. The largest absolute Gasteiger partial charge is 0.449 e. The Kier molecular flexibility index (Phi) is 3.73. The quantitative estimate of drug-likeness (QED) is 0.898. The Hall–Kier alpha value is -1.27. The van der Waals surface area contributed by atoms with Gasteiger partial charge in [-0.3, -0.25) is 0 Å². The molecule has 0 atom stereocenters. The van der Waals surface area contributed by atoms with E-state index >= 15 is 0 Å². The van der Waals surface area contributed by atoms with Gasteiger partial charge in [0.2, 0.25) is 5.76 Å². The molecule has 3 nitrogen and oxygen atoms in total. The average molecular weight is 260 g/mol. The molecule has 19 heavy (non-hydrogen) atoms. The number of hydrogen-bond donors (Lipinski definition) is 1. The summed E-state index contributed by atoms with van der Waals surface area (Å²) in [6.07, 6.45) is 3.67. The van der Waals surface area contributed by atoms with Crippen LogP contribution >= 0.6 is 0 Å². The van der Waals surface area contributed by atoms with Crippen LogP contribution in [0.25, 0.3) is 0 Å². The first-order valence-electron chi connectivity index (χ1n) is 7.02. The van der Waals surface area contributed by atoms with Crippen molar-refractivity contribution in [2.45, 2.75) is 59.5 Å². The molecule has 1 heterocycles. The number of nitriles is 1. The van der Waals surface area contributed by atoms with Crippen LogP contribution in [0.15, 0.2) is 16.5 Å². The lowest BCUT2D eigenvalue weighted by atomic mass is 9.63. The van der Waals surface area contributed by atoms with Crippen molar-refractivity contribution in [3.05, 3.63) is 23.7 Å². The predicted molar refractivity (Wildman–Crippen MR) is 75.5 cm³/mol. The van der Waals surface area contributed by atoms with E-state index in [1.165, 1.54) is 19.3 Å². The standard InChI is InChI=1S/C16H24N2O/c1-15(2)7-12(8-16(3,4)11-15)18-10-14-6-5-13(9-17)19-14/h5-6,12,18H,7-8,10-11H2,1-4H3. The molecule has 0 spiro atoms. The molecule has 1 fully saturated rings. The Morgan fingerprint density at radius 3 is 2.42 bits per heavy atom. The molecule has 1 saturated carbocycles. The van der Waals surface area contributed by atoms with Crippen molar-refractivity contribution in [3.8, 4) is 6.07 Å². The van der Waals surface area contributed by atoms with Gasteiger partial charge < -0.3 is 9.73 Å². The zero-order chi connectivity index (χ0) is 14.1. The van der Waals surface area contributed by atoms with Gasteiger partial charge in [0.1, 0.15) is 11.8 Å². The van der Waals surface area contributed by atoms with E-state index in [-0.39, 0.29) is 0 Å². The molecule has 0 saturated heterocycles. The molecular weight excluding hydrogens is 236 g/mol. The van der Waals surface area contributed by atoms with Crippen LogP contribution < -0.4 is 5.32 Å². The van der Waals surface area contributed by atoms with E-state index in [0.29, 0.717) is 29.2 Å². The van der Waals surface area contributed by atoms with Crippen LogP contribution in [-0.4, -0.2) is 6.04 Å². The van der Waals surface area contributed by atoms with Gasteiger partial charge in [-0.25, -0.2) is 0 Å². The van der Waals surface area contributed by atoms with Crippen LogP contribution in [0.2, 0.25) is 0 Å². The zero-order valence-corrected chi connectivity index (χ0v) is 12.4. The highest BCUT2D eigenvalue weighted by molar-refractivity contribution is 5.19. The molecule has 104 valence electrons. The maximum atomic E-state index is 8.74. The highest BCUT2D eigenvalue weighted by Gasteiger charge is 2.38. The first-order valence-corrected chi connectivity index (χ1v) is 7.02. The van der Waals surface area contributed by atoms with Crippen molar-refractivity contribution in [1.82, 2.24) is 5.32 Å². The van der Waals surface area contributed by atoms with Crippen molar-refractivity contribution in [2.24, 2.45) is 10.8 Å². The normalized spacial score (nSPS) is 22.1. The molecule has 1 aromatic heterocycles. The second-order valence-corrected chi connectivity index (χ2v) is 7.37. The second kappa shape index (κ2) is 5.02. The fourth-order valence-electron chi connectivity index (χ4n) is 3.77. The maximum absolute atomic E-state index is 8.74. The van der Waals surface area contributed by atoms with Gasteiger partial charge in [-0.2, -0.15) is 5.26 Å². The third kappa shape index (κ3) is 3.84. The monoisotopic (exact) mass is 260 g/mol. The summed E-state index contributed by atoms with van der Waals surface area (Å²) in [5.41, 5.74) is 0.779. The van der Waals surface area contributed by atoms with Gasteiger partial charge >= 0.3 is 0 Å². The lowest BCUT2D eigenvalue weighted by molar-refractivity contribution is 0.0837. The fourth-order valence-corrected chi connectivity index (χ4v) is 3.77. The number of hydrogen-bond acceptors (Lipinski definition) is 3. The van der Waals surface area contributed by atoms with E-state index < -0.39 is 0 Å². The highest BCUT2D eigenvalue weighted by Crippen LogP contribution is 2.45. The summed E-state index contributed by atoms with van der Waals surface area (Å²) in [6, 6.07) is 6.15. The lowest BCUT2D eigenvalue weighted by Gasteiger charge is -2.45. The van der Waals surface area contributed by atoms with Gasteiger partial charge in [0.25, 0.3) is 0 Å². The fraction of sp³-hybridized carbons (Fsp3) is 0.688. The molecular formula is C16H24N2O. The summed E-state index contributed by atoms with van der Waals surface area (Å²) in [4.78, 5) is 0. The summed E-state index contributed by atoms with van der Waals surface area (Å²) in [7, 11) is 0. The Morgan fingerprint density at radius 2 is 1.89 bits per heavy atom. The summed E-state index contributed by atoms with van der Waals surface area (Å²) in [5.74, 6) is 1.24. The van der Waals surface area contributed by atoms with E-state index in [1.807, 2.05) is 12.1 Å². The molecule has 0 aromatic carbocycles. The third-order valence-corrected chi connectivity index (χ3v) is 3.89. The molecule has 0 bridgehead atoms. The van der Waals surface area contributed by atoms with E-state index in [2.05, 4.69) is 33.0 Å². The first kappa shape index (κ1) is 14.1. The van der Waals surface area contributed by atoms with Crippen molar-refractivity contribution >= 4 is 0 Å². The van der Waals surface area contributed by atoms with E-state index in [1.54, 1.807) is 6.07 Å². The summed E-state index contributed by atoms with van der Waals surface area (Å²) in [5, 5.41) is 12.3. The first-order chi connectivity index (χ1) is 8.80. The topological polar surface area (TPSA) is 49.0 Å². The van der Waals surface area contributed by atoms with Gasteiger partial charge in [-0.05, 0) is 42.2 Å². The summed E-state index contributed by atoms with van der Waals surface area (Å²) < 4.78 is 5.40. The predicted octanol–water partition coefficient (Wildman–Crippen LogP) is 3.85. The van der Waals surface area contributed by atoms with Crippen molar-refractivity contribution < 1.29 is 4.42 Å². The van der Waals surface area contributed by atoms with Crippen LogP contribution in [0.3, 0.4) is 0 Å². The number of furan rings is 1. The minimum atomic E-state index is 0.389. The number of rotatable bonds is 3.